The fourth-order valence-electron chi connectivity index (χ4n) is 4.23. The van der Waals surface area contributed by atoms with Crippen LogP contribution in [0.4, 0.5) is 16.2 Å². The van der Waals surface area contributed by atoms with Crippen molar-refractivity contribution < 1.29 is 14.4 Å². The Balaban J connectivity index is 1.27. The zero-order valence-corrected chi connectivity index (χ0v) is 17.4. The first kappa shape index (κ1) is 20.9. The highest BCUT2D eigenvalue weighted by Gasteiger charge is 2.29. The van der Waals surface area contributed by atoms with Crippen LogP contribution in [-0.2, 0) is 16.1 Å². The molecule has 1 unspecified atom stereocenters. The van der Waals surface area contributed by atoms with Gasteiger partial charge in [0, 0.05) is 17.9 Å². The molecule has 2 aromatic rings. The quantitative estimate of drug-likeness (QED) is 0.573. The van der Waals surface area contributed by atoms with Gasteiger partial charge in [-0.05, 0) is 54.2 Å². The van der Waals surface area contributed by atoms with Gasteiger partial charge in [0.25, 0.3) is 0 Å². The van der Waals surface area contributed by atoms with Gasteiger partial charge in [0.2, 0.25) is 11.8 Å². The van der Waals surface area contributed by atoms with Crippen LogP contribution in [0.25, 0.3) is 0 Å². The predicted molar refractivity (Wildman–Crippen MR) is 119 cm³/mol. The van der Waals surface area contributed by atoms with E-state index < -0.39 is 18.0 Å². The van der Waals surface area contributed by atoms with Crippen molar-refractivity contribution in [2.24, 2.45) is 0 Å². The van der Waals surface area contributed by atoms with Crippen molar-refractivity contribution in [3.8, 4) is 0 Å². The minimum atomic E-state index is -0.834. The molecule has 2 fully saturated rings. The van der Waals surface area contributed by atoms with Crippen molar-refractivity contribution in [2.75, 3.05) is 5.32 Å². The Morgan fingerprint density at radius 1 is 0.903 bits per heavy atom. The summed E-state index contributed by atoms with van der Waals surface area (Å²) in [6, 6.07) is 15.0. The topological polar surface area (TPSA) is 99.3 Å². The second-order valence-electron chi connectivity index (χ2n) is 8.28. The molecule has 1 saturated heterocycles. The van der Waals surface area contributed by atoms with Crippen LogP contribution < -0.4 is 21.3 Å². The van der Waals surface area contributed by atoms with E-state index in [0.717, 1.165) is 16.9 Å². The third-order valence-electron chi connectivity index (χ3n) is 5.96. The van der Waals surface area contributed by atoms with Gasteiger partial charge in [-0.1, -0.05) is 43.5 Å². The molecule has 4 N–H and O–H groups in total. The summed E-state index contributed by atoms with van der Waals surface area (Å²) in [4.78, 5) is 34.9. The molecule has 0 radical (unpaired) electrons. The molecule has 162 valence electrons. The van der Waals surface area contributed by atoms with Crippen molar-refractivity contribution in [3.05, 3.63) is 59.7 Å². The summed E-state index contributed by atoms with van der Waals surface area (Å²) < 4.78 is 0. The van der Waals surface area contributed by atoms with Crippen molar-refractivity contribution >= 4 is 29.2 Å². The van der Waals surface area contributed by atoms with Crippen LogP contribution in [0.3, 0.4) is 0 Å². The van der Waals surface area contributed by atoms with E-state index in [1.54, 1.807) is 0 Å². The molecular formula is C24H28N4O3. The highest BCUT2D eigenvalue weighted by molar-refractivity contribution is 6.02. The normalized spacial score (nSPS) is 19.3. The molecule has 0 aromatic heterocycles. The largest absolute Gasteiger partial charge is 0.356 e. The number of carbonyl (C=O) groups is 3. The molecule has 2 aromatic carbocycles. The Morgan fingerprint density at radius 3 is 2.19 bits per heavy atom. The number of hydrogen-bond acceptors (Lipinski definition) is 4. The van der Waals surface area contributed by atoms with E-state index in [4.69, 9.17) is 0 Å². The number of benzene rings is 2. The number of carbonyl (C=O) groups excluding carboxylic acids is 3. The Hall–Kier alpha value is -3.35. The highest BCUT2D eigenvalue weighted by atomic mass is 16.2. The van der Waals surface area contributed by atoms with E-state index in [2.05, 4.69) is 45.5 Å². The van der Waals surface area contributed by atoms with Gasteiger partial charge >= 0.3 is 6.03 Å². The van der Waals surface area contributed by atoms with E-state index in [1.165, 1.54) is 37.7 Å². The SMILES string of the molecule is O=C1CC(C(=O)NCc2ccc(Nc3ccc(C4CCCCC4)cc3)cc2)NC(=O)N1. The molecule has 4 rings (SSSR count). The molecule has 0 spiro atoms. The average molecular weight is 421 g/mol. The van der Waals surface area contributed by atoms with Gasteiger partial charge in [-0.2, -0.15) is 0 Å². The van der Waals surface area contributed by atoms with Gasteiger partial charge in [-0.3, -0.25) is 14.9 Å². The van der Waals surface area contributed by atoms with Crippen molar-refractivity contribution in [3.63, 3.8) is 0 Å². The first-order valence-electron chi connectivity index (χ1n) is 10.9. The number of imide groups is 1. The maximum atomic E-state index is 12.2. The number of nitrogens with one attached hydrogen (secondary N) is 4. The number of urea groups is 1. The fraction of sp³-hybridized carbons (Fsp3) is 0.375. The van der Waals surface area contributed by atoms with Crippen molar-refractivity contribution in [2.45, 2.75) is 57.0 Å². The molecular weight excluding hydrogens is 392 g/mol. The van der Waals surface area contributed by atoms with Gasteiger partial charge < -0.3 is 16.0 Å². The lowest BCUT2D eigenvalue weighted by Crippen LogP contribution is -2.57. The molecule has 7 heteroatoms. The second kappa shape index (κ2) is 9.64. The lowest BCUT2D eigenvalue weighted by molar-refractivity contribution is -0.128. The number of amides is 4. The maximum absolute atomic E-state index is 12.2. The van der Waals surface area contributed by atoms with Gasteiger partial charge in [-0.15, -0.1) is 0 Å². The van der Waals surface area contributed by atoms with Crippen LogP contribution in [-0.4, -0.2) is 23.9 Å². The molecule has 2 aliphatic rings. The summed E-state index contributed by atoms with van der Waals surface area (Å²) in [5.74, 6) is -0.122. The maximum Gasteiger partial charge on any atom is 0.322 e. The molecule has 1 saturated carbocycles. The van der Waals surface area contributed by atoms with E-state index in [1.807, 2.05) is 24.3 Å². The molecule has 1 heterocycles. The summed E-state index contributed by atoms with van der Waals surface area (Å²) in [5.41, 5.74) is 4.38. The van der Waals surface area contributed by atoms with E-state index in [0.29, 0.717) is 12.5 Å². The summed E-state index contributed by atoms with van der Waals surface area (Å²) in [7, 11) is 0. The lowest BCUT2D eigenvalue weighted by atomic mass is 9.84. The van der Waals surface area contributed by atoms with Gasteiger partial charge in [0.15, 0.2) is 0 Å². The van der Waals surface area contributed by atoms with E-state index in [9.17, 15) is 14.4 Å². The number of rotatable bonds is 6. The molecule has 31 heavy (non-hydrogen) atoms. The Kier molecular flexibility index (Phi) is 6.50. The third-order valence-corrected chi connectivity index (χ3v) is 5.96. The van der Waals surface area contributed by atoms with Crippen LogP contribution in [0.1, 0.15) is 55.6 Å². The summed E-state index contributed by atoms with van der Waals surface area (Å²) in [5, 5.41) is 10.7. The first-order valence-corrected chi connectivity index (χ1v) is 10.9. The van der Waals surface area contributed by atoms with E-state index in [-0.39, 0.29) is 12.3 Å². The summed E-state index contributed by atoms with van der Waals surface area (Å²) >= 11 is 0. The highest BCUT2D eigenvalue weighted by Crippen LogP contribution is 2.33. The molecule has 1 aliphatic carbocycles. The smallest absolute Gasteiger partial charge is 0.322 e. The zero-order chi connectivity index (χ0) is 21.6. The first-order chi connectivity index (χ1) is 15.1. The third kappa shape index (κ3) is 5.63. The molecule has 0 bridgehead atoms. The summed E-state index contributed by atoms with van der Waals surface area (Å²) in [6.07, 6.45) is 6.57. The Labute approximate surface area is 182 Å². The van der Waals surface area contributed by atoms with Crippen LogP contribution in [0.2, 0.25) is 0 Å². The molecule has 7 nitrogen and oxygen atoms in total. The van der Waals surface area contributed by atoms with Gasteiger partial charge in [-0.25, -0.2) is 4.79 Å². The lowest BCUT2D eigenvalue weighted by Gasteiger charge is -2.22. The molecule has 1 atom stereocenters. The summed E-state index contributed by atoms with van der Waals surface area (Å²) in [6.45, 7) is 0.323. The predicted octanol–water partition coefficient (Wildman–Crippen LogP) is 3.69. The van der Waals surface area contributed by atoms with Gasteiger partial charge in [0.05, 0.1) is 6.42 Å². The monoisotopic (exact) mass is 420 g/mol. The number of hydrogen-bond donors (Lipinski definition) is 4. The fourth-order valence-corrected chi connectivity index (χ4v) is 4.23. The van der Waals surface area contributed by atoms with Crippen LogP contribution >= 0.6 is 0 Å². The van der Waals surface area contributed by atoms with Gasteiger partial charge in [0.1, 0.15) is 6.04 Å². The standard InChI is InChI=1S/C24H28N4O3/c29-22-14-21(27-24(31)28-22)23(30)25-15-16-6-10-19(11-7-16)26-20-12-8-18(9-13-20)17-4-2-1-3-5-17/h6-13,17,21,26H,1-5,14-15H2,(H,25,30)(H2,27,28,29,31). The van der Waals surface area contributed by atoms with E-state index >= 15 is 0 Å². The van der Waals surface area contributed by atoms with Crippen LogP contribution in [0.15, 0.2) is 48.5 Å². The van der Waals surface area contributed by atoms with Crippen LogP contribution in [0.5, 0.6) is 0 Å². The molecule has 1 aliphatic heterocycles. The Bertz CT molecular complexity index is 918. The van der Waals surface area contributed by atoms with Crippen LogP contribution in [0, 0.1) is 0 Å². The van der Waals surface area contributed by atoms with Crippen molar-refractivity contribution in [1.29, 1.82) is 0 Å². The van der Waals surface area contributed by atoms with Crippen molar-refractivity contribution in [1.82, 2.24) is 16.0 Å². The minimum absolute atomic E-state index is 0.0556. The average Bonchev–Trinajstić information content (AvgIpc) is 2.79. The second-order valence-corrected chi connectivity index (χ2v) is 8.28. The zero-order valence-electron chi connectivity index (χ0n) is 17.4. The minimum Gasteiger partial charge on any atom is -0.356 e. The Morgan fingerprint density at radius 2 is 1.55 bits per heavy atom. The number of anilines is 2. The molecule has 4 amide bonds.